The lowest BCUT2D eigenvalue weighted by Crippen LogP contribution is -2.29. The van der Waals surface area contributed by atoms with Crippen molar-refractivity contribution in [3.8, 4) is 0 Å². The van der Waals surface area contributed by atoms with E-state index in [9.17, 15) is 9.59 Å². The molecule has 6 heteroatoms. The molecule has 0 aliphatic rings. The van der Waals surface area contributed by atoms with Crippen LogP contribution in [0.4, 0.5) is 0 Å². The number of H-pyrrole nitrogens is 1. The highest BCUT2D eigenvalue weighted by atomic mass is 35.5. The molecule has 94 valence electrons. The van der Waals surface area contributed by atoms with Gasteiger partial charge in [0, 0.05) is 6.20 Å². The third-order valence-corrected chi connectivity index (χ3v) is 2.80. The molecule has 0 saturated carbocycles. The lowest BCUT2D eigenvalue weighted by molar-refractivity contribution is 0.282. The SMILES string of the molecule is O=c1[nH]c(=O)n(Cc2ccc(CO)cc2)cc1Cl. The quantitative estimate of drug-likeness (QED) is 0.860. The fourth-order valence-electron chi connectivity index (χ4n) is 1.55. The van der Waals surface area contributed by atoms with Gasteiger partial charge in [0.1, 0.15) is 5.02 Å². The van der Waals surface area contributed by atoms with Crippen LogP contribution in [0.3, 0.4) is 0 Å². The zero-order chi connectivity index (χ0) is 13.1. The summed E-state index contributed by atoms with van der Waals surface area (Å²) in [6.45, 7) is 0.283. The molecule has 0 bridgehead atoms. The summed E-state index contributed by atoms with van der Waals surface area (Å²) in [7, 11) is 0. The Hall–Kier alpha value is -1.85. The lowest BCUT2D eigenvalue weighted by Gasteiger charge is -2.06. The summed E-state index contributed by atoms with van der Waals surface area (Å²) in [6, 6.07) is 7.15. The standard InChI is InChI=1S/C12H11ClN2O3/c13-10-6-15(12(18)14-11(10)17)5-8-1-3-9(7-16)4-2-8/h1-4,6,16H,5,7H2,(H,14,17,18). The van der Waals surface area contributed by atoms with Crippen molar-refractivity contribution in [3.05, 3.63) is 67.4 Å². The van der Waals surface area contributed by atoms with E-state index in [0.717, 1.165) is 11.1 Å². The topological polar surface area (TPSA) is 75.1 Å². The van der Waals surface area contributed by atoms with Crippen LogP contribution >= 0.6 is 11.6 Å². The molecule has 1 aromatic carbocycles. The second-order valence-electron chi connectivity index (χ2n) is 3.84. The van der Waals surface area contributed by atoms with Crippen LogP contribution in [0.2, 0.25) is 5.02 Å². The molecule has 0 aliphatic heterocycles. The van der Waals surface area contributed by atoms with Crippen molar-refractivity contribution in [2.45, 2.75) is 13.2 Å². The van der Waals surface area contributed by atoms with E-state index < -0.39 is 11.2 Å². The van der Waals surface area contributed by atoms with Crippen LogP contribution in [-0.4, -0.2) is 14.7 Å². The number of nitrogens with one attached hydrogen (secondary N) is 1. The third-order valence-electron chi connectivity index (χ3n) is 2.53. The summed E-state index contributed by atoms with van der Waals surface area (Å²) < 4.78 is 1.32. The van der Waals surface area contributed by atoms with Gasteiger partial charge in [0.15, 0.2) is 0 Å². The first-order chi connectivity index (χ1) is 8.60. The first-order valence-corrected chi connectivity index (χ1v) is 5.66. The lowest BCUT2D eigenvalue weighted by atomic mass is 10.1. The summed E-state index contributed by atoms with van der Waals surface area (Å²) >= 11 is 5.66. The average molecular weight is 267 g/mol. The van der Waals surface area contributed by atoms with Crippen LogP contribution in [-0.2, 0) is 13.2 Å². The van der Waals surface area contributed by atoms with E-state index >= 15 is 0 Å². The van der Waals surface area contributed by atoms with Crippen LogP contribution in [0.1, 0.15) is 11.1 Å². The average Bonchev–Trinajstić information content (AvgIpc) is 2.37. The molecule has 2 rings (SSSR count). The molecule has 0 aliphatic carbocycles. The number of aliphatic hydroxyl groups is 1. The molecule has 1 aromatic heterocycles. The molecule has 0 amide bonds. The first-order valence-electron chi connectivity index (χ1n) is 5.28. The number of aromatic nitrogens is 2. The van der Waals surface area contributed by atoms with Gasteiger partial charge in [-0.1, -0.05) is 35.9 Å². The highest BCUT2D eigenvalue weighted by molar-refractivity contribution is 6.30. The van der Waals surface area contributed by atoms with Gasteiger partial charge in [0.25, 0.3) is 5.56 Å². The van der Waals surface area contributed by atoms with Crippen LogP contribution in [0.5, 0.6) is 0 Å². The second-order valence-corrected chi connectivity index (χ2v) is 4.25. The zero-order valence-electron chi connectivity index (χ0n) is 9.39. The largest absolute Gasteiger partial charge is 0.392 e. The minimum Gasteiger partial charge on any atom is -0.392 e. The van der Waals surface area contributed by atoms with Crippen molar-refractivity contribution in [1.29, 1.82) is 0 Å². The van der Waals surface area contributed by atoms with Gasteiger partial charge in [-0.15, -0.1) is 0 Å². The van der Waals surface area contributed by atoms with E-state index in [1.165, 1.54) is 10.8 Å². The van der Waals surface area contributed by atoms with Gasteiger partial charge in [0.05, 0.1) is 13.2 Å². The Bertz CT molecular complexity index is 658. The maximum absolute atomic E-state index is 11.5. The Morgan fingerprint density at radius 3 is 2.39 bits per heavy atom. The Morgan fingerprint density at radius 1 is 1.17 bits per heavy atom. The van der Waals surface area contributed by atoms with Gasteiger partial charge < -0.3 is 5.11 Å². The van der Waals surface area contributed by atoms with E-state index in [-0.39, 0.29) is 11.6 Å². The van der Waals surface area contributed by atoms with Crippen molar-refractivity contribution < 1.29 is 5.11 Å². The third kappa shape index (κ3) is 2.69. The Balaban J connectivity index is 2.31. The first kappa shape index (κ1) is 12.6. The van der Waals surface area contributed by atoms with Crippen LogP contribution in [0.15, 0.2) is 40.1 Å². The van der Waals surface area contributed by atoms with E-state index in [1.807, 2.05) is 0 Å². The minimum atomic E-state index is -0.589. The number of rotatable bonds is 3. The van der Waals surface area contributed by atoms with Crippen LogP contribution in [0, 0.1) is 0 Å². The van der Waals surface area contributed by atoms with Crippen LogP contribution < -0.4 is 11.2 Å². The molecule has 0 fully saturated rings. The fourth-order valence-corrected chi connectivity index (χ4v) is 1.71. The smallest absolute Gasteiger partial charge is 0.328 e. The molecule has 0 spiro atoms. The molecule has 0 atom stereocenters. The normalized spacial score (nSPS) is 10.6. The highest BCUT2D eigenvalue weighted by Crippen LogP contribution is 2.06. The number of aliphatic hydroxyl groups excluding tert-OH is 1. The van der Waals surface area contributed by atoms with Gasteiger partial charge in [0.2, 0.25) is 0 Å². The van der Waals surface area contributed by atoms with Crippen molar-refractivity contribution in [2.24, 2.45) is 0 Å². The van der Waals surface area contributed by atoms with E-state index in [2.05, 4.69) is 4.98 Å². The van der Waals surface area contributed by atoms with E-state index in [0.29, 0.717) is 6.54 Å². The highest BCUT2D eigenvalue weighted by Gasteiger charge is 2.03. The molecular weight excluding hydrogens is 256 g/mol. The van der Waals surface area contributed by atoms with E-state index in [4.69, 9.17) is 16.7 Å². The van der Waals surface area contributed by atoms with Gasteiger partial charge in [-0.2, -0.15) is 0 Å². The number of nitrogens with zero attached hydrogens (tertiary/aromatic N) is 1. The number of hydrogen-bond acceptors (Lipinski definition) is 3. The van der Waals surface area contributed by atoms with Gasteiger partial charge in [-0.05, 0) is 11.1 Å². The number of aromatic amines is 1. The molecule has 18 heavy (non-hydrogen) atoms. The number of hydrogen-bond donors (Lipinski definition) is 2. The minimum absolute atomic E-state index is 0.0231. The van der Waals surface area contributed by atoms with Crippen molar-refractivity contribution in [3.63, 3.8) is 0 Å². The van der Waals surface area contributed by atoms with Gasteiger partial charge in [-0.3, -0.25) is 14.3 Å². The molecule has 0 saturated heterocycles. The molecule has 0 radical (unpaired) electrons. The molecular formula is C12H11ClN2O3. The molecule has 5 nitrogen and oxygen atoms in total. The Kier molecular flexibility index (Phi) is 3.64. The monoisotopic (exact) mass is 266 g/mol. The Morgan fingerprint density at radius 2 is 1.78 bits per heavy atom. The van der Waals surface area contributed by atoms with E-state index in [1.54, 1.807) is 24.3 Å². The summed E-state index contributed by atoms with van der Waals surface area (Å²) in [5.74, 6) is 0. The summed E-state index contributed by atoms with van der Waals surface area (Å²) in [5, 5.41) is 8.89. The van der Waals surface area contributed by atoms with Crippen LogP contribution in [0.25, 0.3) is 0 Å². The Labute approximate surface area is 107 Å². The predicted octanol–water partition coefficient (Wildman–Crippen LogP) is 0.731. The van der Waals surface area contributed by atoms with Crippen molar-refractivity contribution in [2.75, 3.05) is 0 Å². The number of benzene rings is 1. The maximum atomic E-state index is 11.5. The predicted molar refractivity (Wildman–Crippen MR) is 67.8 cm³/mol. The molecule has 0 unspecified atom stereocenters. The zero-order valence-corrected chi connectivity index (χ0v) is 10.1. The molecule has 2 N–H and O–H groups in total. The number of halogens is 1. The summed E-state index contributed by atoms with van der Waals surface area (Å²) in [6.07, 6.45) is 1.31. The summed E-state index contributed by atoms with van der Waals surface area (Å²) in [4.78, 5) is 24.8. The van der Waals surface area contributed by atoms with Gasteiger partial charge >= 0.3 is 5.69 Å². The van der Waals surface area contributed by atoms with Crippen molar-refractivity contribution in [1.82, 2.24) is 9.55 Å². The van der Waals surface area contributed by atoms with Gasteiger partial charge in [-0.25, -0.2) is 4.79 Å². The maximum Gasteiger partial charge on any atom is 0.328 e. The second kappa shape index (κ2) is 5.20. The fraction of sp³-hybridized carbons (Fsp3) is 0.167. The molecule has 2 aromatic rings. The molecule has 1 heterocycles. The summed E-state index contributed by atoms with van der Waals surface area (Å²) in [5.41, 5.74) is 0.576. The van der Waals surface area contributed by atoms with Crippen molar-refractivity contribution >= 4 is 11.6 Å².